The maximum Gasteiger partial charge on any atom is 0.376 e. The molecule has 5 nitrogen and oxygen atoms in total. The predicted molar refractivity (Wildman–Crippen MR) is 48.9 cm³/mol. The van der Waals surface area contributed by atoms with Gasteiger partial charge in [0.2, 0.25) is 5.82 Å². The summed E-state index contributed by atoms with van der Waals surface area (Å²) in [6, 6.07) is 0. The van der Waals surface area contributed by atoms with Gasteiger partial charge >= 0.3 is 5.97 Å². The third kappa shape index (κ3) is 1.62. The van der Waals surface area contributed by atoms with E-state index in [1.165, 1.54) is 4.68 Å². The van der Waals surface area contributed by atoms with Crippen LogP contribution < -0.4 is 0 Å². The van der Waals surface area contributed by atoms with E-state index in [0.717, 1.165) is 18.7 Å². The molecule has 1 heterocycles. The van der Waals surface area contributed by atoms with Crippen molar-refractivity contribution in [2.75, 3.05) is 6.61 Å². The minimum Gasteiger partial charge on any atom is -0.460 e. The predicted octanol–water partition coefficient (Wildman–Crippen LogP) is 0.869. The Morgan fingerprint density at radius 2 is 2.36 bits per heavy atom. The summed E-state index contributed by atoms with van der Waals surface area (Å²) in [5, 5.41) is 4.18. The molecule has 0 bridgehead atoms. The summed E-state index contributed by atoms with van der Waals surface area (Å²) in [5.74, 6) is 1.14. The molecule has 76 valence electrons. The maximum atomic E-state index is 11.4. The van der Waals surface area contributed by atoms with Crippen LogP contribution in [-0.4, -0.2) is 27.3 Å². The summed E-state index contributed by atoms with van der Waals surface area (Å²) in [5.41, 5.74) is 0. The topological polar surface area (TPSA) is 57.0 Å². The van der Waals surface area contributed by atoms with Gasteiger partial charge in [0, 0.05) is 13.0 Å². The van der Waals surface area contributed by atoms with E-state index in [9.17, 15) is 4.79 Å². The monoisotopic (exact) mass is 195 g/mol. The summed E-state index contributed by atoms with van der Waals surface area (Å²) in [7, 11) is 1.71. The second-order valence-corrected chi connectivity index (χ2v) is 3.41. The van der Waals surface area contributed by atoms with E-state index in [2.05, 4.69) is 10.1 Å². The summed E-state index contributed by atoms with van der Waals surface area (Å²) in [6.45, 7) is 2.14. The lowest BCUT2D eigenvalue weighted by Gasteiger charge is -1.98. The maximum absolute atomic E-state index is 11.4. The molecule has 1 fully saturated rings. The molecule has 1 saturated carbocycles. The van der Waals surface area contributed by atoms with Gasteiger partial charge in [-0.05, 0) is 19.8 Å². The fraction of sp³-hybridized carbons (Fsp3) is 0.667. The van der Waals surface area contributed by atoms with Gasteiger partial charge in [-0.25, -0.2) is 14.5 Å². The fourth-order valence-corrected chi connectivity index (χ4v) is 1.29. The second-order valence-electron chi connectivity index (χ2n) is 3.41. The van der Waals surface area contributed by atoms with Gasteiger partial charge in [0.1, 0.15) is 0 Å². The molecule has 0 atom stereocenters. The zero-order valence-corrected chi connectivity index (χ0v) is 8.36. The van der Waals surface area contributed by atoms with Crippen LogP contribution in [0.2, 0.25) is 0 Å². The molecule has 14 heavy (non-hydrogen) atoms. The Morgan fingerprint density at radius 1 is 1.64 bits per heavy atom. The Bertz CT molecular complexity index is 355. The van der Waals surface area contributed by atoms with Crippen molar-refractivity contribution in [1.29, 1.82) is 0 Å². The van der Waals surface area contributed by atoms with Crippen molar-refractivity contribution >= 4 is 5.97 Å². The molecule has 0 amide bonds. The quantitative estimate of drug-likeness (QED) is 0.671. The van der Waals surface area contributed by atoms with Gasteiger partial charge in [-0.1, -0.05) is 0 Å². The van der Waals surface area contributed by atoms with Gasteiger partial charge in [0.05, 0.1) is 6.61 Å². The lowest BCUT2D eigenvalue weighted by Crippen LogP contribution is -2.11. The first kappa shape index (κ1) is 9.18. The van der Waals surface area contributed by atoms with Crippen molar-refractivity contribution in [3.8, 4) is 0 Å². The minimum atomic E-state index is -0.394. The molecular formula is C9H13N3O2. The normalized spacial score (nSPS) is 15.6. The van der Waals surface area contributed by atoms with Crippen molar-refractivity contribution in [3.63, 3.8) is 0 Å². The minimum absolute atomic E-state index is 0.300. The number of nitrogens with zero attached hydrogens (tertiary/aromatic N) is 3. The van der Waals surface area contributed by atoms with Crippen LogP contribution in [0.3, 0.4) is 0 Å². The van der Waals surface area contributed by atoms with Crippen LogP contribution >= 0.6 is 0 Å². The molecule has 0 saturated heterocycles. The highest BCUT2D eigenvalue weighted by Gasteiger charge is 2.29. The molecule has 0 spiro atoms. The molecule has 0 aliphatic heterocycles. The molecule has 1 aliphatic carbocycles. The highest BCUT2D eigenvalue weighted by molar-refractivity contribution is 5.85. The Kier molecular flexibility index (Phi) is 2.23. The third-order valence-electron chi connectivity index (χ3n) is 2.18. The molecule has 1 aromatic rings. The van der Waals surface area contributed by atoms with E-state index in [-0.39, 0.29) is 0 Å². The average molecular weight is 195 g/mol. The second kappa shape index (κ2) is 3.40. The standard InChI is InChI=1S/C9H13N3O2/c1-3-14-9(13)8-10-7(6-4-5-6)11-12(8)2/h6H,3-5H2,1-2H3. The summed E-state index contributed by atoms with van der Waals surface area (Å²) in [4.78, 5) is 15.5. The molecule has 0 N–H and O–H groups in total. The molecule has 5 heteroatoms. The Hall–Kier alpha value is -1.39. The molecule has 0 aromatic carbocycles. The van der Waals surface area contributed by atoms with Crippen molar-refractivity contribution in [1.82, 2.24) is 14.8 Å². The number of esters is 1. The first-order valence-electron chi connectivity index (χ1n) is 4.80. The van der Waals surface area contributed by atoms with Crippen LogP contribution in [-0.2, 0) is 11.8 Å². The van der Waals surface area contributed by atoms with Crippen molar-refractivity contribution in [3.05, 3.63) is 11.6 Å². The van der Waals surface area contributed by atoms with E-state index in [0.29, 0.717) is 18.3 Å². The zero-order chi connectivity index (χ0) is 10.1. The summed E-state index contributed by atoms with van der Waals surface area (Å²) >= 11 is 0. The van der Waals surface area contributed by atoms with Crippen LogP contribution in [0.15, 0.2) is 0 Å². The lowest BCUT2D eigenvalue weighted by atomic mass is 10.4. The van der Waals surface area contributed by atoms with Crippen LogP contribution in [0.5, 0.6) is 0 Å². The molecule has 1 aromatic heterocycles. The highest BCUT2D eigenvalue weighted by atomic mass is 16.5. The van der Waals surface area contributed by atoms with E-state index >= 15 is 0 Å². The number of hydrogen-bond donors (Lipinski definition) is 0. The van der Waals surface area contributed by atoms with Crippen LogP contribution in [0.25, 0.3) is 0 Å². The Labute approximate surface area is 82.1 Å². The number of hydrogen-bond acceptors (Lipinski definition) is 4. The van der Waals surface area contributed by atoms with Crippen LogP contribution in [0, 0.1) is 0 Å². The van der Waals surface area contributed by atoms with Gasteiger partial charge in [-0.2, -0.15) is 5.10 Å². The van der Waals surface area contributed by atoms with Crippen molar-refractivity contribution in [2.45, 2.75) is 25.7 Å². The van der Waals surface area contributed by atoms with E-state index in [4.69, 9.17) is 4.74 Å². The smallest absolute Gasteiger partial charge is 0.376 e. The van der Waals surface area contributed by atoms with Crippen molar-refractivity contribution in [2.24, 2.45) is 7.05 Å². The number of carbonyl (C=O) groups excluding carboxylic acids is 1. The fourth-order valence-electron chi connectivity index (χ4n) is 1.29. The van der Waals surface area contributed by atoms with Crippen LogP contribution in [0.4, 0.5) is 0 Å². The zero-order valence-electron chi connectivity index (χ0n) is 8.36. The number of ether oxygens (including phenoxy) is 1. The largest absolute Gasteiger partial charge is 0.460 e. The summed E-state index contributed by atoms with van der Waals surface area (Å²) < 4.78 is 6.35. The van der Waals surface area contributed by atoms with E-state index in [1.54, 1.807) is 14.0 Å². The number of aromatic nitrogens is 3. The number of carbonyl (C=O) groups is 1. The molecule has 0 radical (unpaired) electrons. The van der Waals surface area contributed by atoms with Gasteiger partial charge in [-0.15, -0.1) is 0 Å². The van der Waals surface area contributed by atoms with Gasteiger partial charge in [0.25, 0.3) is 0 Å². The average Bonchev–Trinajstić information content (AvgIpc) is 2.91. The Balaban J connectivity index is 2.19. The van der Waals surface area contributed by atoms with Gasteiger partial charge in [0.15, 0.2) is 5.82 Å². The molecule has 0 unspecified atom stereocenters. The molecule has 2 rings (SSSR count). The number of rotatable bonds is 3. The van der Waals surface area contributed by atoms with Crippen molar-refractivity contribution < 1.29 is 9.53 Å². The highest BCUT2D eigenvalue weighted by Crippen LogP contribution is 2.37. The van der Waals surface area contributed by atoms with Gasteiger partial charge in [-0.3, -0.25) is 0 Å². The Morgan fingerprint density at radius 3 is 2.93 bits per heavy atom. The lowest BCUT2D eigenvalue weighted by molar-refractivity contribution is 0.0506. The molecular weight excluding hydrogens is 182 g/mol. The first-order valence-corrected chi connectivity index (χ1v) is 4.80. The number of aryl methyl sites for hydroxylation is 1. The first-order chi connectivity index (χ1) is 6.72. The SMILES string of the molecule is CCOC(=O)c1nc(C2CC2)nn1C. The third-order valence-corrected chi connectivity index (χ3v) is 2.18. The van der Waals surface area contributed by atoms with E-state index < -0.39 is 5.97 Å². The van der Waals surface area contributed by atoms with Gasteiger partial charge < -0.3 is 4.74 Å². The van der Waals surface area contributed by atoms with Crippen LogP contribution in [0.1, 0.15) is 42.1 Å². The molecule has 1 aliphatic rings. The van der Waals surface area contributed by atoms with E-state index in [1.807, 2.05) is 0 Å². The summed E-state index contributed by atoms with van der Waals surface area (Å²) in [6.07, 6.45) is 2.26.